The van der Waals surface area contributed by atoms with E-state index in [1.807, 2.05) is 0 Å². The molecule has 2 heterocycles. The summed E-state index contributed by atoms with van der Waals surface area (Å²) in [4.78, 5) is 31.2. The van der Waals surface area contributed by atoms with Crippen molar-refractivity contribution in [3.63, 3.8) is 0 Å². The first-order valence-electron chi connectivity index (χ1n) is 6.29. The fourth-order valence-corrected chi connectivity index (χ4v) is 5.26. The van der Waals surface area contributed by atoms with Gasteiger partial charge < -0.3 is 15.9 Å². The summed E-state index contributed by atoms with van der Waals surface area (Å²) < 4.78 is 0. The van der Waals surface area contributed by atoms with Crippen molar-refractivity contribution in [1.29, 1.82) is 0 Å². The molecule has 1 aromatic heterocycles. The third kappa shape index (κ3) is 1.26. The van der Waals surface area contributed by atoms with Crippen LogP contribution in [0.2, 0.25) is 0 Å². The zero-order valence-corrected chi connectivity index (χ0v) is 11.4. The van der Waals surface area contributed by atoms with Crippen LogP contribution in [0.5, 0.6) is 0 Å². The summed E-state index contributed by atoms with van der Waals surface area (Å²) in [6.07, 6.45) is 1.72. The number of aromatic nitrogens is 3. The number of carbonyl (C=O) groups is 2. The quantitative estimate of drug-likeness (QED) is 0.579. The van der Waals surface area contributed by atoms with Crippen LogP contribution < -0.4 is 5.73 Å². The Kier molecular flexibility index (Phi) is 2.14. The van der Waals surface area contributed by atoms with Gasteiger partial charge in [-0.3, -0.25) is 14.6 Å². The number of rotatable bonds is 4. The molecule has 1 aromatic rings. The molecule has 0 aromatic carbocycles. The van der Waals surface area contributed by atoms with Crippen LogP contribution in [0.25, 0.3) is 0 Å². The molecule has 0 amide bonds. The van der Waals surface area contributed by atoms with E-state index < -0.39 is 28.8 Å². The summed E-state index contributed by atoms with van der Waals surface area (Å²) in [5.41, 5.74) is 3.31. The number of aromatic amines is 1. The number of nitrogen functional groups attached to an aromatic ring is 1. The van der Waals surface area contributed by atoms with Crippen molar-refractivity contribution in [2.75, 3.05) is 5.73 Å². The number of aliphatic imine (C=N–C) groups is 1. The van der Waals surface area contributed by atoms with E-state index in [0.29, 0.717) is 11.6 Å². The number of thioether (sulfide) groups is 1. The Labute approximate surface area is 122 Å². The Bertz CT molecular complexity index is 705. The molecule has 0 radical (unpaired) electrons. The molecular formula is C11H11N5O4S. The van der Waals surface area contributed by atoms with E-state index in [9.17, 15) is 19.8 Å². The van der Waals surface area contributed by atoms with Crippen molar-refractivity contribution in [2.24, 2.45) is 22.2 Å². The largest absolute Gasteiger partial charge is 0.481 e. The predicted octanol–water partition coefficient (Wildman–Crippen LogP) is -0.524. The monoisotopic (exact) mass is 309 g/mol. The molecular weight excluding hydrogens is 298 g/mol. The number of hydrogen-bond donors (Lipinski definition) is 4. The van der Waals surface area contributed by atoms with Crippen molar-refractivity contribution in [1.82, 2.24) is 15.2 Å². The molecule has 1 spiro atoms. The molecule has 0 saturated heterocycles. The molecule has 3 aliphatic rings. The maximum atomic E-state index is 11.6. The number of nitrogens with two attached hydrogens (primary N) is 1. The molecule has 2 fully saturated rings. The topological polar surface area (TPSA) is 155 Å². The highest BCUT2D eigenvalue weighted by atomic mass is 32.2. The van der Waals surface area contributed by atoms with E-state index >= 15 is 0 Å². The second-order valence-electron chi connectivity index (χ2n) is 5.57. The average Bonchev–Trinajstić information content (AvgIpc) is 2.92. The molecule has 2 aliphatic carbocycles. The summed E-state index contributed by atoms with van der Waals surface area (Å²) in [5.74, 6) is -2.89. The number of aliphatic carboxylic acids is 2. The van der Waals surface area contributed by atoms with E-state index in [4.69, 9.17) is 5.73 Å². The van der Waals surface area contributed by atoms with Gasteiger partial charge in [0.15, 0.2) is 0 Å². The fraction of sp³-hybridized carbons (Fsp3) is 0.545. The fourth-order valence-electron chi connectivity index (χ4n) is 3.89. The van der Waals surface area contributed by atoms with Crippen LogP contribution in [0, 0.1) is 17.3 Å². The smallest absolute Gasteiger partial charge is 0.317 e. The molecule has 21 heavy (non-hydrogen) atoms. The lowest BCUT2D eigenvalue weighted by Crippen LogP contribution is -2.52. The molecule has 5 atom stereocenters. The molecule has 2 saturated carbocycles. The third-order valence-electron chi connectivity index (χ3n) is 4.76. The first-order valence-corrected chi connectivity index (χ1v) is 7.17. The second-order valence-corrected chi connectivity index (χ2v) is 6.77. The van der Waals surface area contributed by atoms with E-state index in [0.717, 1.165) is 0 Å². The number of H-pyrrole nitrogens is 1. The number of anilines is 1. The summed E-state index contributed by atoms with van der Waals surface area (Å²) in [7, 11) is 0. The first kappa shape index (κ1) is 12.6. The lowest BCUT2D eigenvalue weighted by atomic mass is 9.73. The highest BCUT2D eigenvalue weighted by molar-refractivity contribution is 7.99. The highest BCUT2D eigenvalue weighted by Crippen LogP contribution is 2.77. The first-order chi connectivity index (χ1) is 9.92. The Balaban J connectivity index is 1.67. The van der Waals surface area contributed by atoms with E-state index in [1.165, 1.54) is 18.0 Å². The van der Waals surface area contributed by atoms with E-state index in [1.54, 1.807) is 0 Å². The van der Waals surface area contributed by atoms with Gasteiger partial charge in [0.25, 0.3) is 0 Å². The van der Waals surface area contributed by atoms with Crippen LogP contribution in [0.15, 0.2) is 10.1 Å². The number of nitrogens with zero attached hydrogens (tertiary/aromatic N) is 3. The normalized spacial score (nSPS) is 42.0. The van der Waals surface area contributed by atoms with Gasteiger partial charge in [0.05, 0.1) is 5.92 Å². The molecule has 5 N–H and O–H groups in total. The van der Waals surface area contributed by atoms with Gasteiger partial charge in [-0.15, -0.1) is 5.10 Å². The molecule has 9 nitrogen and oxygen atoms in total. The Morgan fingerprint density at radius 3 is 2.71 bits per heavy atom. The maximum Gasteiger partial charge on any atom is 0.317 e. The van der Waals surface area contributed by atoms with Crippen LogP contribution in [-0.2, 0) is 9.59 Å². The summed E-state index contributed by atoms with van der Waals surface area (Å²) in [6, 6.07) is 0. The van der Waals surface area contributed by atoms with Crippen LogP contribution in [0.1, 0.15) is 6.42 Å². The lowest BCUT2D eigenvalue weighted by molar-refractivity contribution is -0.148. The number of nitrogens with one attached hydrogen (secondary N) is 1. The van der Waals surface area contributed by atoms with Gasteiger partial charge in [-0.05, 0) is 6.42 Å². The molecule has 10 heteroatoms. The molecule has 4 rings (SSSR count). The minimum Gasteiger partial charge on any atom is -0.481 e. The third-order valence-corrected chi connectivity index (χ3v) is 5.91. The van der Waals surface area contributed by atoms with Crippen molar-refractivity contribution >= 4 is 35.9 Å². The van der Waals surface area contributed by atoms with Gasteiger partial charge in [0.2, 0.25) is 11.1 Å². The average molecular weight is 309 g/mol. The summed E-state index contributed by atoms with van der Waals surface area (Å²) >= 11 is 1.26. The highest BCUT2D eigenvalue weighted by Gasteiger charge is 2.89. The molecule has 110 valence electrons. The maximum absolute atomic E-state index is 11.6. The standard InChI is InChI=1S/C11H11N5O4S/c12-8-14-9(16-15-8)21-3-1-10(7(19)20)2-13-11(10)4(3)5(11)6(17)18/h2-5H,1H2,(H,17,18)(H,19,20)(H3,12,14,15,16)/t3-,4+,5-,10-,11-/m1/s1. The van der Waals surface area contributed by atoms with Gasteiger partial charge >= 0.3 is 11.9 Å². The number of carboxylic acid groups (broad SMARTS) is 2. The van der Waals surface area contributed by atoms with Gasteiger partial charge in [0.1, 0.15) is 11.0 Å². The predicted molar refractivity (Wildman–Crippen MR) is 71.0 cm³/mol. The zero-order valence-electron chi connectivity index (χ0n) is 10.6. The van der Waals surface area contributed by atoms with Crippen LogP contribution in [-0.4, -0.2) is 54.3 Å². The molecule has 0 unspecified atom stereocenters. The molecule has 1 aliphatic heterocycles. The minimum atomic E-state index is -1.17. The lowest BCUT2D eigenvalue weighted by Gasteiger charge is -2.37. The van der Waals surface area contributed by atoms with Crippen molar-refractivity contribution in [2.45, 2.75) is 22.4 Å². The number of carboxylic acids is 2. The number of hydrogen-bond acceptors (Lipinski definition) is 7. The van der Waals surface area contributed by atoms with E-state index in [2.05, 4.69) is 20.2 Å². The van der Waals surface area contributed by atoms with Gasteiger partial charge in [-0.2, -0.15) is 4.98 Å². The SMILES string of the molecule is Nc1nc(S[C@@H]2C[C@]3(C(=O)O)C=N[C@@]34[C@@H]2[C@@H]4C(=O)O)n[nH]1. The van der Waals surface area contributed by atoms with E-state index in [-0.39, 0.29) is 17.1 Å². The van der Waals surface area contributed by atoms with Crippen molar-refractivity contribution < 1.29 is 19.8 Å². The van der Waals surface area contributed by atoms with Crippen LogP contribution in [0.3, 0.4) is 0 Å². The summed E-state index contributed by atoms with van der Waals surface area (Å²) in [6.45, 7) is 0. The van der Waals surface area contributed by atoms with Gasteiger partial charge in [-0.1, -0.05) is 11.8 Å². The summed E-state index contributed by atoms with van der Waals surface area (Å²) in [5, 5.41) is 25.4. The van der Waals surface area contributed by atoms with Crippen molar-refractivity contribution in [3.05, 3.63) is 0 Å². The minimum absolute atomic E-state index is 0.169. The van der Waals surface area contributed by atoms with Crippen LogP contribution >= 0.6 is 11.8 Å². The zero-order chi connectivity index (χ0) is 15.0. The Morgan fingerprint density at radius 1 is 1.48 bits per heavy atom. The Hall–Kier alpha value is -2.10. The molecule has 0 bridgehead atoms. The van der Waals surface area contributed by atoms with Crippen molar-refractivity contribution in [3.8, 4) is 0 Å². The van der Waals surface area contributed by atoms with Gasteiger partial charge in [-0.25, -0.2) is 5.10 Å². The Morgan fingerprint density at radius 2 is 2.24 bits per heavy atom. The van der Waals surface area contributed by atoms with Gasteiger partial charge in [0, 0.05) is 17.4 Å². The second kappa shape index (κ2) is 3.56. The van der Waals surface area contributed by atoms with Crippen LogP contribution in [0.4, 0.5) is 5.95 Å².